The molecule has 0 aliphatic carbocycles. The van der Waals surface area contributed by atoms with Gasteiger partial charge in [0.15, 0.2) is 0 Å². The van der Waals surface area contributed by atoms with Gasteiger partial charge in [0.2, 0.25) is 0 Å². The van der Waals surface area contributed by atoms with E-state index in [-0.39, 0.29) is 0 Å². The lowest BCUT2D eigenvalue weighted by molar-refractivity contribution is 0.403. The summed E-state index contributed by atoms with van der Waals surface area (Å²) in [5.74, 6) is 1.75. The number of hydrogen-bond donors (Lipinski definition) is 0. The predicted octanol–water partition coefficient (Wildman–Crippen LogP) is 4.15. The van der Waals surface area contributed by atoms with Gasteiger partial charge in [-0.1, -0.05) is 30.3 Å². The Kier molecular flexibility index (Phi) is 4.44. The second-order valence-electron chi connectivity index (χ2n) is 5.82. The van der Waals surface area contributed by atoms with E-state index in [4.69, 9.17) is 4.74 Å². The number of benzene rings is 2. The maximum absolute atomic E-state index is 5.22. The van der Waals surface area contributed by atoms with E-state index in [2.05, 4.69) is 47.4 Å². The topological polar surface area (TPSA) is 12.5 Å². The summed E-state index contributed by atoms with van der Waals surface area (Å²) in [7, 11) is 1.71. The molecule has 2 aromatic carbocycles. The van der Waals surface area contributed by atoms with Crippen molar-refractivity contribution in [1.29, 1.82) is 0 Å². The third kappa shape index (κ3) is 3.57. The summed E-state index contributed by atoms with van der Waals surface area (Å²) < 4.78 is 5.22. The molecular formula is C19H23NO. The van der Waals surface area contributed by atoms with Crippen LogP contribution in [0.4, 0.5) is 5.69 Å². The quantitative estimate of drug-likeness (QED) is 0.834. The summed E-state index contributed by atoms with van der Waals surface area (Å²) in [4.78, 5) is 2.49. The second kappa shape index (κ2) is 6.66. The molecule has 0 amide bonds. The first-order chi connectivity index (χ1) is 10.3. The Bertz CT molecular complexity index is 542. The molecule has 1 saturated heterocycles. The van der Waals surface area contributed by atoms with E-state index in [0.29, 0.717) is 0 Å². The zero-order valence-electron chi connectivity index (χ0n) is 12.7. The average molecular weight is 281 g/mol. The van der Waals surface area contributed by atoms with Gasteiger partial charge in [-0.3, -0.25) is 0 Å². The fourth-order valence-electron chi connectivity index (χ4n) is 3.14. The minimum Gasteiger partial charge on any atom is -0.497 e. The van der Waals surface area contributed by atoms with E-state index in [9.17, 15) is 0 Å². The van der Waals surface area contributed by atoms with E-state index >= 15 is 0 Å². The SMILES string of the molecule is COc1ccc(N2CCC(Cc3ccccc3)CC2)cc1. The van der Waals surface area contributed by atoms with Crippen LogP contribution < -0.4 is 9.64 Å². The van der Waals surface area contributed by atoms with Gasteiger partial charge in [-0.15, -0.1) is 0 Å². The highest BCUT2D eigenvalue weighted by atomic mass is 16.5. The van der Waals surface area contributed by atoms with Crippen molar-refractivity contribution in [2.45, 2.75) is 19.3 Å². The molecule has 0 radical (unpaired) electrons. The average Bonchev–Trinajstić information content (AvgIpc) is 2.57. The maximum atomic E-state index is 5.22. The lowest BCUT2D eigenvalue weighted by Crippen LogP contribution is -2.34. The number of piperidine rings is 1. The van der Waals surface area contributed by atoms with Gasteiger partial charge in [-0.05, 0) is 55.0 Å². The molecule has 0 N–H and O–H groups in total. The minimum absolute atomic E-state index is 0.821. The van der Waals surface area contributed by atoms with Crippen molar-refractivity contribution >= 4 is 5.69 Å². The summed E-state index contributed by atoms with van der Waals surface area (Å²) in [6.45, 7) is 2.31. The van der Waals surface area contributed by atoms with Gasteiger partial charge in [0.25, 0.3) is 0 Å². The molecule has 0 spiro atoms. The number of rotatable bonds is 4. The Labute approximate surface area is 127 Å². The molecule has 0 atom stereocenters. The second-order valence-corrected chi connectivity index (χ2v) is 5.82. The summed E-state index contributed by atoms with van der Waals surface area (Å²) >= 11 is 0. The predicted molar refractivity (Wildman–Crippen MR) is 88.1 cm³/mol. The summed E-state index contributed by atoms with van der Waals surface area (Å²) in [5, 5.41) is 0. The van der Waals surface area contributed by atoms with Crippen LogP contribution in [0.25, 0.3) is 0 Å². The first-order valence-electron chi connectivity index (χ1n) is 7.78. The Balaban J connectivity index is 1.54. The zero-order chi connectivity index (χ0) is 14.5. The smallest absolute Gasteiger partial charge is 0.119 e. The molecule has 3 rings (SSSR count). The molecule has 2 aromatic rings. The molecule has 1 aliphatic heterocycles. The van der Waals surface area contributed by atoms with Crippen LogP contribution in [0.1, 0.15) is 18.4 Å². The standard InChI is InChI=1S/C19H23NO/c1-21-19-9-7-18(8-10-19)20-13-11-17(12-14-20)15-16-5-3-2-4-6-16/h2-10,17H,11-15H2,1H3. The Morgan fingerprint density at radius 2 is 1.62 bits per heavy atom. The normalized spacial score (nSPS) is 16.0. The molecule has 0 bridgehead atoms. The van der Waals surface area contributed by atoms with Crippen molar-refractivity contribution in [3.8, 4) is 5.75 Å². The maximum Gasteiger partial charge on any atom is 0.119 e. The van der Waals surface area contributed by atoms with Crippen LogP contribution in [0.3, 0.4) is 0 Å². The highest BCUT2D eigenvalue weighted by Gasteiger charge is 2.19. The number of anilines is 1. The van der Waals surface area contributed by atoms with Crippen molar-refractivity contribution in [1.82, 2.24) is 0 Å². The van der Waals surface area contributed by atoms with Gasteiger partial charge in [-0.2, -0.15) is 0 Å². The largest absolute Gasteiger partial charge is 0.497 e. The molecule has 0 saturated carbocycles. The molecule has 2 heteroatoms. The van der Waals surface area contributed by atoms with Gasteiger partial charge < -0.3 is 9.64 Å². The van der Waals surface area contributed by atoms with Crippen LogP contribution in [-0.2, 0) is 6.42 Å². The zero-order valence-corrected chi connectivity index (χ0v) is 12.7. The van der Waals surface area contributed by atoms with E-state index < -0.39 is 0 Å². The lowest BCUT2D eigenvalue weighted by Gasteiger charge is -2.33. The van der Waals surface area contributed by atoms with Crippen molar-refractivity contribution in [2.75, 3.05) is 25.1 Å². The molecule has 1 fully saturated rings. The molecular weight excluding hydrogens is 258 g/mol. The Morgan fingerprint density at radius 1 is 0.952 bits per heavy atom. The first kappa shape index (κ1) is 14.0. The van der Waals surface area contributed by atoms with Crippen LogP contribution in [0, 0.1) is 5.92 Å². The fourth-order valence-corrected chi connectivity index (χ4v) is 3.14. The molecule has 0 unspecified atom stereocenters. The highest BCUT2D eigenvalue weighted by molar-refractivity contribution is 5.49. The summed E-state index contributed by atoms with van der Waals surface area (Å²) in [6, 6.07) is 19.3. The van der Waals surface area contributed by atoms with Gasteiger partial charge in [0, 0.05) is 18.8 Å². The summed E-state index contributed by atoms with van der Waals surface area (Å²) in [6.07, 6.45) is 3.78. The number of hydrogen-bond acceptors (Lipinski definition) is 2. The Morgan fingerprint density at radius 3 is 2.24 bits per heavy atom. The van der Waals surface area contributed by atoms with E-state index in [1.165, 1.54) is 30.5 Å². The van der Waals surface area contributed by atoms with E-state index in [1.54, 1.807) is 7.11 Å². The van der Waals surface area contributed by atoms with Gasteiger partial charge in [0.05, 0.1) is 7.11 Å². The lowest BCUT2D eigenvalue weighted by atomic mass is 9.90. The van der Waals surface area contributed by atoms with Crippen molar-refractivity contribution in [3.63, 3.8) is 0 Å². The van der Waals surface area contributed by atoms with Crippen LogP contribution in [0.2, 0.25) is 0 Å². The van der Waals surface area contributed by atoms with Crippen LogP contribution in [-0.4, -0.2) is 20.2 Å². The van der Waals surface area contributed by atoms with Gasteiger partial charge >= 0.3 is 0 Å². The third-order valence-electron chi connectivity index (χ3n) is 4.42. The molecule has 2 nitrogen and oxygen atoms in total. The van der Waals surface area contributed by atoms with Crippen molar-refractivity contribution < 1.29 is 4.74 Å². The highest BCUT2D eigenvalue weighted by Crippen LogP contribution is 2.26. The number of nitrogens with zero attached hydrogens (tertiary/aromatic N) is 1. The van der Waals surface area contributed by atoms with Gasteiger partial charge in [0.1, 0.15) is 5.75 Å². The van der Waals surface area contributed by atoms with Crippen LogP contribution in [0.5, 0.6) is 5.75 Å². The van der Waals surface area contributed by atoms with Crippen molar-refractivity contribution in [2.24, 2.45) is 5.92 Å². The molecule has 21 heavy (non-hydrogen) atoms. The molecule has 1 aliphatic rings. The number of ether oxygens (including phenoxy) is 1. The monoisotopic (exact) mass is 281 g/mol. The molecule has 110 valence electrons. The molecule has 1 heterocycles. The fraction of sp³-hybridized carbons (Fsp3) is 0.368. The van der Waals surface area contributed by atoms with E-state index in [0.717, 1.165) is 24.8 Å². The van der Waals surface area contributed by atoms with Crippen LogP contribution >= 0.6 is 0 Å². The van der Waals surface area contributed by atoms with Crippen molar-refractivity contribution in [3.05, 3.63) is 60.2 Å². The minimum atomic E-state index is 0.821. The van der Waals surface area contributed by atoms with Gasteiger partial charge in [-0.25, -0.2) is 0 Å². The Hall–Kier alpha value is -1.96. The molecule has 0 aromatic heterocycles. The number of methoxy groups -OCH3 is 1. The van der Waals surface area contributed by atoms with Crippen LogP contribution in [0.15, 0.2) is 54.6 Å². The third-order valence-corrected chi connectivity index (χ3v) is 4.42. The summed E-state index contributed by atoms with van der Waals surface area (Å²) in [5.41, 5.74) is 2.79. The van der Waals surface area contributed by atoms with E-state index in [1.807, 2.05) is 12.1 Å². The first-order valence-corrected chi connectivity index (χ1v) is 7.78.